The van der Waals surface area contributed by atoms with Gasteiger partial charge in [-0.3, -0.25) is 9.36 Å². The van der Waals surface area contributed by atoms with Gasteiger partial charge in [0.1, 0.15) is 11.6 Å². The van der Waals surface area contributed by atoms with E-state index in [0.29, 0.717) is 36.9 Å². The van der Waals surface area contributed by atoms with Crippen molar-refractivity contribution in [3.8, 4) is 5.75 Å². The Kier molecular flexibility index (Phi) is 7.23. The Bertz CT molecular complexity index is 1490. The molecule has 1 aliphatic rings. The van der Waals surface area contributed by atoms with E-state index in [4.69, 9.17) is 21.1 Å². The molecule has 0 saturated heterocycles. The molecule has 0 bridgehead atoms. The Hall–Kier alpha value is -3.23. The number of benzene rings is 2. The largest absolute Gasteiger partial charge is 0.490 e. The number of allylic oxidation sites excluding steroid dienone is 1. The monoisotopic (exact) mass is 514 g/mol. The van der Waals surface area contributed by atoms with E-state index in [2.05, 4.69) is 4.99 Å². The Balaban J connectivity index is 1.95. The Labute approximate surface area is 210 Å². The lowest BCUT2D eigenvalue weighted by Crippen LogP contribution is -2.39. The van der Waals surface area contributed by atoms with Crippen LogP contribution < -0.4 is 19.6 Å². The van der Waals surface area contributed by atoms with Crippen molar-refractivity contribution in [3.05, 3.63) is 95.4 Å². The van der Waals surface area contributed by atoms with Crippen molar-refractivity contribution in [1.29, 1.82) is 0 Å². The van der Waals surface area contributed by atoms with Crippen LogP contribution in [0.5, 0.6) is 5.75 Å². The maximum atomic E-state index is 13.7. The molecule has 4 rings (SSSR count). The second-order valence-electron chi connectivity index (χ2n) is 8.20. The van der Waals surface area contributed by atoms with Crippen LogP contribution in [0.4, 0.5) is 4.39 Å². The highest BCUT2D eigenvalue weighted by Crippen LogP contribution is 2.31. The molecule has 0 amide bonds. The van der Waals surface area contributed by atoms with Gasteiger partial charge in [0.15, 0.2) is 4.80 Å². The Morgan fingerprint density at radius 3 is 2.63 bits per heavy atom. The number of fused-ring (bicyclic) bond motifs is 1. The van der Waals surface area contributed by atoms with Gasteiger partial charge < -0.3 is 9.47 Å². The quantitative estimate of drug-likeness (QED) is 0.458. The van der Waals surface area contributed by atoms with Gasteiger partial charge in [-0.15, -0.1) is 0 Å². The molecule has 6 nitrogen and oxygen atoms in total. The highest BCUT2D eigenvalue weighted by atomic mass is 35.5. The summed E-state index contributed by atoms with van der Waals surface area (Å²) in [5.41, 5.74) is 1.56. The number of aromatic nitrogens is 1. The fourth-order valence-corrected chi connectivity index (χ4v) is 5.10. The molecule has 0 fully saturated rings. The number of ether oxygens (including phenoxy) is 2. The minimum atomic E-state index is -0.807. The molecule has 1 aliphatic heterocycles. The van der Waals surface area contributed by atoms with Crippen molar-refractivity contribution in [3.63, 3.8) is 0 Å². The van der Waals surface area contributed by atoms with E-state index in [9.17, 15) is 14.0 Å². The molecule has 1 atom stereocenters. The van der Waals surface area contributed by atoms with Crippen LogP contribution in [0.15, 0.2) is 63.5 Å². The van der Waals surface area contributed by atoms with Crippen molar-refractivity contribution in [2.45, 2.75) is 39.8 Å². The molecule has 0 aliphatic carbocycles. The van der Waals surface area contributed by atoms with Crippen LogP contribution in [0, 0.1) is 5.82 Å². The number of nitrogens with zero attached hydrogens (tertiary/aromatic N) is 2. The Morgan fingerprint density at radius 2 is 1.97 bits per heavy atom. The summed E-state index contributed by atoms with van der Waals surface area (Å²) in [4.78, 5) is 31.5. The van der Waals surface area contributed by atoms with E-state index in [1.54, 1.807) is 50.3 Å². The fourth-order valence-electron chi connectivity index (χ4n) is 3.89. The first-order valence-corrected chi connectivity index (χ1v) is 12.3. The molecule has 182 valence electrons. The van der Waals surface area contributed by atoms with Crippen molar-refractivity contribution in [2.24, 2.45) is 4.99 Å². The zero-order valence-electron chi connectivity index (χ0n) is 19.7. The number of rotatable bonds is 6. The average Bonchev–Trinajstić information content (AvgIpc) is 3.09. The predicted molar refractivity (Wildman–Crippen MR) is 134 cm³/mol. The zero-order valence-corrected chi connectivity index (χ0v) is 21.2. The number of carbonyl (C=O) groups is 1. The van der Waals surface area contributed by atoms with Crippen LogP contribution in [0.1, 0.15) is 44.9 Å². The van der Waals surface area contributed by atoms with Crippen LogP contribution in [0.3, 0.4) is 0 Å². The van der Waals surface area contributed by atoms with Gasteiger partial charge >= 0.3 is 5.97 Å². The third-order valence-corrected chi connectivity index (χ3v) is 6.54. The first kappa shape index (κ1) is 24.9. The normalized spacial score (nSPS) is 15.7. The molecule has 3 aromatic rings. The molecule has 0 saturated carbocycles. The molecule has 35 heavy (non-hydrogen) atoms. The summed E-state index contributed by atoms with van der Waals surface area (Å²) < 4.78 is 26.7. The molecule has 0 unspecified atom stereocenters. The summed E-state index contributed by atoms with van der Waals surface area (Å²) in [6.45, 7) is 7.40. The minimum absolute atomic E-state index is 0.0715. The Morgan fingerprint density at radius 1 is 1.26 bits per heavy atom. The molecular formula is C26H24ClFN2O4S. The molecule has 1 aromatic heterocycles. The minimum Gasteiger partial charge on any atom is -0.490 e. The summed E-state index contributed by atoms with van der Waals surface area (Å²) in [5.74, 6) is -0.397. The summed E-state index contributed by atoms with van der Waals surface area (Å²) >= 11 is 7.41. The first-order chi connectivity index (χ1) is 16.7. The first-order valence-electron chi connectivity index (χ1n) is 11.1. The maximum Gasteiger partial charge on any atom is 0.338 e. The standard InChI is InChI=1S/C26H24ClFN2O4S/c1-5-33-25(32)22-15(4)29-26-30(23(22)16-6-9-19(28)10-7-16)24(31)21(35-26)13-17-12-18(27)8-11-20(17)34-14(2)3/h6-14,23H,5H2,1-4H3/b21-13-/t23-/m0/s1. The van der Waals surface area contributed by atoms with Crippen molar-refractivity contribution < 1.29 is 18.7 Å². The second-order valence-corrected chi connectivity index (χ2v) is 9.65. The summed E-state index contributed by atoms with van der Waals surface area (Å²) in [5, 5.41) is 0.504. The van der Waals surface area contributed by atoms with Crippen molar-refractivity contribution in [1.82, 2.24) is 4.57 Å². The molecule has 2 heterocycles. The molecule has 0 radical (unpaired) electrons. The number of hydrogen-bond acceptors (Lipinski definition) is 6. The lowest BCUT2D eigenvalue weighted by Gasteiger charge is -2.24. The van der Waals surface area contributed by atoms with Gasteiger partial charge in [-0.05, 0) is 69.7 Å². The summed E-state index contributed by atoms with van der Waals surface area (Å²) in [6.07, 6.45) is 1.64. The van der Waals surface area contributed by atoms with Crippen LogP contribution >= 0.6 is 22.9 Å². The highest BCUT2D eigenvalue weighted by molar-refractivity contribution is 7.07. The van der Waals surface area contributed by atoms with E-state index in [0.717, 1.165) is 0 Å². The average molecular weight is 515 g/mol. The van der Waals surface area contributed by atoms with Gasteiger partial charge in [-0.2, -0.15) is 0 Å². The molecule has 0 spiro atoms. The number of hydrogen-bond donors (Lipinski definition) is 0. The lowest BCUT2D eigenvalue weighted by atomic mass is 9.96. The maximum absolute atomic E-state index is 13.7. The third kappa shape index (κ3) is 5.09. The summed E-state index contributed by atoms with van der Waals surface area (Å²) in [7, 11) is 0. The molecular weight excluding hydrogens is 491 g/mol. The topological polar surface area (TPSA) is 69.9 Å². The number of halogens is 2. The van der Waals surface area contributed by atoms with E-state index >= 15 is 0 Å². The zero-order chi connectivity index (χ0) is 25.3. The van der Waals surface area contributed by atoms with Crippen molar-refractivity contribution in [2.75, 3.05) is 6.61 Å². The van der Waals surface area contributed by atoms with E-state index in [-0.39, 0.29) is 23.8 Å². The van der Waals surface area contributed by atoms with E-state index < -0.39 is 17.8 Å². The van der Waals surface area contributed by atoms with E-state index in [1.165, 1.54) is 28.0 Å². The number of thiazole rings is 1. The SMILES string of the molecule is CCOC(=O)C1=C(C)N=c2s/c(=C\c3cc(Cl)ccc3OC(C)C)c(=O)n2[C@H]1c1ccc(F)cc1. The van der Waals surface area contributed by atoms with Gasteiger partial charge in [0.05, 0.1) is 34.6 Å². The molecule has 0 N–H and O–H groups in total. The molecule has 2 aromatic carbocycles. The predicted octanol–water partition coefficient (Wildman–Crippen LogP) is 4.38. The van der Waals surface area contributed by atoms with Gasteiger partial charge in [0.2, 0.25) is 0 Å². The third-order valence-electron chi connectivity index (χ3n) is 5.32. The fraction of sp³-hybridized carbons (Fsp3) is 0.269. The highest BCUT2D eigenvalue weighted by Gasteiger charge is 2.33. The van der Waals surface area contributed by atoms with Gasteiger partial charge in [-0.1, -0.05) is 35.1 Å². The van der Waals surface area contributed by atoms with Crippen LogP contribution in [0.2, 0.25) is 5.02 Å². The van der Waals surface area contributed by atoms with Crippen LogP contribution in [-0.2, 0) is 9.53 Å². The molecule has 9 heteroatoms. The second kappa shape index (κ2) is 10.2. The smallest absolute Gasteiger partial charge is 0.338 e. The van der Waals surface area contributed by atoms with Crippen LogP contribution in [-0.4, -0.2) is 23.2 Å². The van der Waals surface area contributed by atoms with Gasteiger partial charge in [-0.25, -0.2) is 14.2 Å². The summed E-state index contributed by atoms with van der Waals surface area (Å²) in [6, 6.07) is 10.1. The van der Waals surface area contributed by atoms with Gasteiger partial charge in [0, 0.05) is 10.6 Å². The van der Waals surface area contributed by atoms with Crippen molar-refractivity contribution >= 4 is 35.0 Å². The van der Waals surface area contributed by atoms with Crippen LogP contribution in [0.25, 0.3) is 6.08 Å². The van der Waals surface area contributed by atoms with E-state index in [1.807, 2.05) is 13.8 Å². The lowest BCUT2D eigenvalue weighted by molar-refractivity contribution is -0.139. The van der Waals surface area contributed by atoms with Gasteiger partial charge in [0.25, 0.3) is 5.56 Å². The number of carbonyl (C=O) groups excluding carboxylic acids is 1. The number of esters is 1.